The summed E-state index contributed by atoms with van der Waals surface area (Å²) in [5.41, 5.74) is 3.14. The van der Waals surface area contributed by atoms with Crippen LogP contribution >= 0.6 is 0 Å². The number of nitrogens with one attached hydrogen (secondary N) is 2. The van der Waals surface area contributed by atoms with Crippen LogP contribution in [-0.2, 0) is 27.6 Å². The molecule has 3 aromatic heterocycles. The molecule has 0 bridgehead atoms. The number of aryl methyl sites for hydroxylation is 1. The molecule has 0 saturated heterocycles. The van der Waals surface area contributed by atoms with Gasteiger partial charge in [0.25, 0.3) is 0 Å². The fourth-order valence-corrected chi connectivity index (χ4v) is 4.30. The van der Waals surface area contributed by atoms with Gasteiger partial charge >= 0.3 is 0 Å². The maximum Gasteiger partial charge on any atom is 0.222 e. The molecule has 0 aliphatic carbocycles. The summed E-state index contributed by atoms with van der Waals surface area (Å²) >= 11 is 0. The predicted octanol–water partition coefficient (Wildman–Crippen LogP) is 3.14. The highest BCUT2D eigenvalue weighted by Crippen LogP contribution is 2.35. The van der Waals surface area contributed by atoms with Crippen molar-refractivity contribution < 1.29 is 17.6 Å². The lowest BCUT2D eigenvalue weighted by Crippen LogP contribution is -2.25. The maximum atomic E-state index is 12.0. The number of carbonyl (C=O) groups excluding carboxylic acids is 1. The van der Waals surface area contributed by atoms with E-state index < -0.39 is 9.84 Å². The molecule has 168 valence electrons. The van der Waals surface area contributed by atoms with Crippen LogP contribution < -0.4 is 10.6 Å². The van der Waals surface area contributed by atoms with E-state index in [1.54, 1.807) is 25.3 Å². The van der Waals surface area contributed by atoms with E-state index in [0.717, 1.165) is 42.7 Å². The monoisotopic (exact) mass is 455 g/mol. The van der Waals surface area contributed by atoms with E-state index in [4.69, 9.17) is 4.42 Å². The standard InChI is InChI=1S/C22H25N5O4S/c1-13-7-21(26-22(8-13)32(4,29)30)25-17-10-20(24-14(2)28)23-11-16(17)19-9-15-12-27(3)6-5-18(15)31-19/h7-11H,5-6,12H2,1-4H3,(H2,23,24,25,26,28). The van der Waals surface area contributed by atoms with Crippen molar-refractivity contribution >= 4 is 33.1 Å². The Labute approximate surface area is 186 Å². The molecule has 32 heavy (non-hydrogen) atoms. The van der Waals surface area contributed by atoms with Gasteiger partial charge in [0, 0.05) is 50.5 Å². The van der Waals surface area contributed by atoms with Crippen LogP contribution in [0.4, 0.5) is 17.3 Å². The van der Waals surface area contributed by atoms with Gasteiger partial charge in [-0.1, -0.05) is 0 Å². The van der Waals surface area contributed by atoms with E-state index in [2.05, 4.69) is 32.5 Å². The van der Waals surface area contributed by atoms with E-state index in [1.165, 1.54) is 13.0 Å². The number of amides is 1. The van der Waals surface area contributed by atoms with Gasteiger partial charge in [0.15, 0.2) is 14.9 Å². The quantitative estimate of drug-likeness (QED) is 0.603. The molecular weight excluding hydrogens is 430 g/mol. The molecule has 0 atom stereocenters. The number of carbonyl (C=O) groups is 1. The Kier molecular flexibility index (Phi) is 5.74. The predicted molar refractivity (Wildman–Crippen MR) is 122 cm³/mol. The van der Waals surface area contributed by atoms with Crippen molar-refractivity contribution in [2.75, 3.05) is 30.5 Å². The lowest BCUT2D eigenvalue weighted by atomic mass is 10.1. The zero-order chi connectivity index (χ0) is 23.0. The molecular formula is C22H25N5O4S. The molecule has 2 N–H and O–H groups in total. The molecule has 0 unspecified atom stereocenters. The molecule has 4 rings (SSSR count). The number of furan rings is 1. The summed E-state index contributed by atoms with van der Waals surface area (Å²) < 4.78 is 30.2. The lowest BCUT2D eigenvalue weighted by Gasteiger charge is -2.20. The number of pyridine rings is 2. The normalized spacial score (nSPS) is 14.1. The second-order valence-electron chi connectivity index (χ2n) is 8.11. The number of hydrogen-bond acceptors (Lipinski definition) is 8. The summed E-state index contributed by atoms with van der Waals surface area (Å²) in [6.45, 7) is 4.93. The average molecular weight is 456 g/mol. The first-order chi connectivity index (χ1) is 15.1. The largest absolute Gasteiger partial charge is 0.461 e. The van der Waals surface area contributed by atoms with Crippen LogP contribution in [0.15, 0.2) is 39.9 Å². The highest BCUT2D eigenvalue weighted by atomic mass is 32.2. The van der Waals surface area contributed by atoms with Crippen molar-refractivity contribution in [1.29, 1.82) is 0 Å². The van der Waals surface area contributed by atoms with Crippen LogP contribution in [0, 0.1) is 6.92 Å². The van der Waals surface area contributed by atoms with Gasteiger partial charge < -0.3 is 20.0 Å². The molecule has 0 fully saturated rings. The van der Waals surface area contributed by atoms with Gasteiger partial charge in [0.05, 0.1) is 11.3 Å². The molecule has 3 aromatic rings. The number of aromatic nitrogens is 2. The van der Waals surface area contributed by atoms with Crippen molar-refractivity contribution in [2.24, 2.45) is 0 Å². The first-order valence-electron chi connectivity index (χ1n) is 10.1. The third-order valence-corrected chi connectivity index (χ3v) is 6.09. The topological polar surface area (TPSA) is 117 Å². The number of fused-ring (bicyclic) bond motifs is 1. The van der Waals surface area contributed by atoms with Crippen LogP contribution in [0.25, 0.3) is 11.3 Å². The Hall–Kier alpha value is -3.24. The summed E-state index contributed by atoms with van der Waals surface area (Å²) in [4.78, 5) is 22.3. The molecule has 4 heterocycles. The van der Waals surface area contributed by atoms with E-state index >= 15 is 0 Å². The van der Waals surface area contributed by atoms with Crippen molar-refractivity contribution in [2.45, 2.75) is 31.8 Å². The van der Waals surface area contributed by atoms with Gasteiger partial charge in [-0.15, -0.1) is 0 Å². The van der Waals surface area contributed by atoms with Gasteiger partial charge in [-0.2, -0.15) is 0 Å². The Bertz CT molecular complexity index is 1300. The second-order valence-corrected chi connectivity index (χ2v) is 10.1. The van der Waals surface area contributed by atoms with Gasteiger partial charge in [-0.05, 0) is 37.7 Å². The Morgan fingerprint density at radius 3 is 2.69 bits per heavy atom. The van der Waals surface area contributed by atoms with Crippen molar-refractivity contribution in [3.05, 3.63) is 47.3 Å². The van der Waals surface area contributed by atoms with Crippen molar-refractivity contribution in [3.63, 3.8) is 0 Å². The summed E-state index contributed by atoms with van der Waals surface area (Å²) in [5.74, 6) is 2.06. The van der Waals surface area contributed by atoms with E-state index in [1.807, 2.05) is 6.07 Å². The van der Waals surface area contributed by atoms with Gasteiger partial charge in [-0.25, -0.2) is 18.4 Å². The van der Waals surface area contributed by atoms with Crippen molar-refractivity contribution in [1.82, 2.24) is 14.9 Å². The fourth-order valence-electron chi connectivity index (χ4n) is 3.64. The third-order valence-electron chi connectivity index (χ3n) is 5.12. The number of nitrogens with zero attached hydrogens (tertiary/aromatic N) is 3. The molecule has 9 nitrogen and oxygen atoms in total. The number of hydrogen-bond donors (Lipinski definition) is 2. The minimum Gasteiger partial charge on any atom is -0.461 e. The van der Waals surface area contributed by atoms with Crippen LogP contribution in [-0.4, -0.2) is 49.0 Å². The zero-order valence-corrected chi connectivity index (χ0v) is 19.2. The second kappa shape index (κ2) is 8.36. The highest BCUT2D eigenvalue weighted by molar-refractivity contribution is 7.90. The molecule has 1 aliphatic rings. The Morgan fingerprint density at radius 2 is 1.97 bits per heavy atom. The Morgan fingerprint density at radius 1 is 1.19 bits per heavy atom. The summed E-state index contributed by atoms with van der Waals surface area (Å²) in [6, 6.07) is 6.94. The molecule has 10 heteroatoms. The average Bonchev–Trinajstić information content (AvgIpc) is 3.09. The van der Waals surface area contributed by atoms with Crippen LogP contribution in [0.5, 0.6) is 0 Å². The minimum atomic E-state index is -3.48. The number of likely N-dealkylation sites (N-methyl/N-ethyl adjacent to an activating group) is 1. The molecule has 1 aliphatic heterocycles. The van der Waals surface area contributed by atoms with Crippen LogP contribution in [0.1, 0.15) is 23.8 Å². The smallest absolute Gasteiger partial charge is 0.222 e. The SMILES string of the molecule is CC(=O)Nc1cc(Nc2cc(C)cc(S(C)(=O)=O)n2)c(-c2cc3c(o2)CCN(C)C3)cn1. The van der Waals surface area contributed by atoms with Gasteiger partial charge in [0.1, 0.15) is 23.2 Å². The van der Waals surface area contributed by atoms with Gasteiger partial charge in [0.2, 0.25) is 5.91 Å². The van der Waals surface area contributed by atoms with Gasteiger partial charge in [-0.3, -0.25) is 4.79 Å². The number of sulfone groups is 1. The fraction of sp³-hybridized carbons (Fsp3) is 0.318. The van der Waals surface area contributed by atoms with Crippen LogP contribution in [0.2, 0.25) is 0 Å². The van der Waals surface area contributed by atoms with E-state index in [0.29, 0.717) is 28.6 Å². The highest BCUT2D eigenvalue weighted by Gasteiger charge is 2.21. The minimum absolute atomic E-state index is 0.0193. The molecule has 0 radical (unpaired) electrons. The summed E-state index contributed by atoms with van der Waals surface area (Å²) in [7, 11) is -1.41. The first kappa shape index (κ1) is 22.0. The zero-order valence-electron chi connectivity index (χ0n) is 18.4. The van der Waals surface area contributed by atoms with Crippen molar-refractivity contribution in [3.8, 4) is 11.3 Å². The number of rotatable bonds is 5. The lowest BCUT2D eigenvalue weighted by molar-refractivity contribution is -0.114. The number of anilines is 3. The maximum absolute atomic E-state index is 12.0. The third kappa shape index (κ3) is 4.81. The van der Waals surface area contributed by atoms with E-state index in [-0.39, 0.29) is 10.9 Å². The summed E-state index contributed by atoms with van der Waals surface area (Å²) in [5, 5.41) is 5.84. The molecule has 0 saturated carbocycles. The molecule has 0 spiro atoms. The first-order valence-corrected chi connectivity index (χ1v) is 12.0. The molecule has 0 aromatic carbocycles. The van der Waals surface area contributed by atoms with Crippen LogP contribution in [0.3, 0.4) is 0 Å². The molecule has 1 amide bonds. The van der Waals surface area contributed by atoms with E-state index in [9.17, 15) is 13.2 Å². The Balaban J connectivity index is 1.78. The summed E-state index contributed by atoms with van der Waals surface area (Å²) in [6.07, 6.45) is 3.56.